The van der Waals surface area contributed by atoms with E-state index in [1.165, 1.54) is 6.07 Å². The fourth-order valence-corrected chi connectivity index (χ4v) is 4.84. The van der Waals surface area contributed by atoms with Crippen LogP contribution in [0.25, 0.3) is 0 Å². The van der Waals surface area contributed by atoms with Crippen molar-refractivity contribution in [1.29, 1.82) is 0 Å². The minimum Gasteiger partial charge on any atom is -0.506 e. The van der Waals surface area contributed by atoms with E-state index in [1.807, 2.05) is 0 Å². The molecule has 1 aliphatic heterocycles. The van der Waals surface area contributed by atoms with Crippen LogP contribution in [0.1, 0.15) is 44.7 Å². The van der Waals surface area contributed by atoms with Gasteiger partial charge in [-0.1, -0.05) is 12.1 Å². The molecule has 1 aliphatic rings. The van der Waals surface area contributed by atoms with Crippen molar-refractivity contribution >= 4 is 16.0 Å². The van der Waals surface area contributed by atoms with Gasteiger partial charge in [0.05, 0.1) is 0 Å². The number of sulfonamides is 1. The molecule has 1 N–H and O–H groups in total. The summed E-state index contributed by atoms with van der Waals surface area (Å²) in [5.41, 5.74) is 0.610. The van der Waals surface area contributed by atoms with Gasteiger partial charge in [0, 0.05) is 12.1 Å². The van der Waals surface area contributed by atoms with Crippen molar-refractivity contribution in [1.82, 2.24) is 4.31 Å². The average molecular weight is 381 g/mol. The highest BCUT2D eigenvalue weighted by atomic mass is 32.2. The van der Waals surface area contributed by atoms with E-state index in [9.17, 15) is 18.3 Å². The molecule has 7 heteroatoms. The largest absolute Gasteiger partial charge is 0.506 e. The Morgan fingerprint density at radius 1 is 1.42 bits per heavy atom. The fraction of sp³-hybridized carbons (Fsp3) is 0.526. The number of aryl methyl sites for hydroxylation is 1. The van der Waals surface area contributed by atoms with Crippen molar-refractivity contribution in [3.05, 3.63) is 35.9 Å². The molecule has 144 valence electrons. The minimum atomic E-state index is -4.03. The van der Waals surface area contributed by atoms with Gasteiger partial charge >= 0.3 is 5.97 Å². The summed E-state index contributed by atoms with van der Waals surface area (Å²) in [6.07, 6.45) is 2.93. The molecule has 6 nitrogen and oxygen atoms in total. The van der Waals surface area contributed by atoms with E-state index in [-0.39, 0.29) is 17.2 Å². The number of esters is 1. The normalized spacial score (nSPS) is 18.7. The van der Waals surface area contributed by atoms with E-state index in [0.29, 0.717) is 24.8 Å². The molecular weight excluding hydrogens is 354 g/mol. The van der Waals surface area contributed by atoms with E-state index < -0.39 is 27.6 Å². The van der Waals surface area contributed by atoms with Crippen LogP contribution < -0.4 is 0 Å². The number of phenolic OH excluding ortho intramolecular Hbond substituents is 1. The van der Waals surface area contributed by atoms with Gasteiger partial charge in [-0.3, -0.25) is 4.79 Å². The number of rotatable bonds is 5. The first-order valence-corrected chi connectivity index (χ1v) is 10.1. The van der Waals surface area contributed by atoms with Crippen LogP contribution in [0, 0.1) is 6.92 Å². The lowest BCUT2D eigenvalue weighted by atomic mass is 10.0. The fourth-order valence-electron chi connectivity index (χ4n) is 3.09. The van der Waals surface area contributed by atoms with Gasteiger partial charge in [0.1, 0.15) is 22.3 Å². The van der Waals surface area contributed by atoms with Crippen LogP contribution in [0.3, 0.4) is 0 Å². The second-order valence-electron chi connectivity index (χ2n) is 7.51. The number of nitrogens with zero attached hydrogens (tertiary/aromatic N) is 1. The second-order valence-corrected chi connectivity index (χ2v) is 9.37. The summed E-state index contributed by atoms with van der Waals surface area (Å²) in [5.74, 6) is -0.837. The maximum Gasteiger partial charge on any atom is 0.324 e. The van der Waals surface area contributed by atoms with Crippen molar-refractivity contribution in [3.63, 3.8) is 0 Å². The Hall–Kier alpha value is -1.86. The number of phenols is 1. The summed E-state index contributed by atoms with van der Waals surface area (Å²) < 4.78 is 32.8. The molecule has 1 aromatic rings. The molecule has 0 aliphatic carbocycles. The van der Waals surface area contributed by atoms with Crippen LogP contribution >= 0.6 is 0 Å². The zero-order valence-electron chi connectivity index (χ0n) is 15.8. The number of ether oxygens (including phenoxy) is 1. The molecule has 0 saturated carbocycles. The second kappa shape index (κ2) is 7.40. The third-order valence-corrected chi connectivity index (χ3v) is 6.24. The Kier molecular flexibility index (Phi) is 5.82. The average Bonchev–Trinajstić information content (AvgIpc) is 3.00. The van der Waals surface area contributed by atoms with Crippen LogP contribution in [0.2, 0.25) is 0 Å². The van der Waals surface area contributed by atoms with Gasteiger partial charge < -0.3 is 9.84 Å². The molecule has 1 fully saturated rings. The Balaban J connectivity index is 2.42. The Labute approximate surface area is 155 Å². The van der Waals surface area contributed by atoms with Gasteiger partial charge in [0.15, 0.2) is 0 Å². The Bertz CT molecular complexity index is 808. The number of carbonyl (C=O) groups is 1. The smallest absolute Gasteiger partial charge is 0.324 e. The van der Waals surface area contributed by atoms with Crippen LogP contribution in [-0.4, -0.2) is 42.0 Å². The lowest BCUT2D eigenvalue weighted by molar-refractivity contribution is -0.158. The quantitative estimate of drug-likeness (QED) is 0.626. The number of carbonyl (C=O) groups excluding carboxylic acids is 1. The third kappa shape index (κ3) is 4.10. The van der Waals surface area contributed by atoms with E-state index in [2.05, 4.69) is 6.58 Å². The lowest BCUT2D eigenvalue weighted by Crippen LogP contribution is -2.43. The third-order valence-electron chi connectivity index (χ3n) is 4.30. The van der Waals surface area contributed by atoms with Crippen molar-refractivity contribution in [2.75, 3.05) is 6.54 Å². The summed E-state index contributed by atoms with van der Waals surface area (Å²) in [6, 6.07) is 2.17. The molecule has 1 aromatic carbocycles. The molecule has 0 spiro atoms. The van der Waals surface area contributed by atoms with Crippen LogP contribution in [-0.2, 0) is 26.0 Å². The number of hydrogen-bond acceptors (Lipinski definition) is 5. The monoisotopic (exact) mass is 381 g/mol. The lowest BCUT2D eigenvalue weighted by Gasteiger charge is -2.27. The molecule has 1 saturated heterocycles. The molecule has 0 amide bonds. The molecule has 0 radical (unpaired) electrons. The van der Waals surface area contributed by atoms with Crippen molar-refractivity contribution in [2.45, 2.75) is 63.5 Å². The van der Waals surface area contributed by atoms with Gasteiger partial charge in [-0.05, 0) is 58.6 Å². The van der Waals surface area contributed by atoms with E-state index in [1.54, 1.807) is 39.8 Å². The predicted molar refractivity (Wildman–Crippen MR) is 99.5 cm³/mol. The van der Waals surface area contributed by atoms with Gasteiger partial charge in [-0.2, -0.15) is 4.31 Å². The molecular formula is C19H27NO5S. The molecule has 1 heterocycles. The first-order valence-electron chi connectivity index (χ1n) is 8.66. The Morgan fingerprint density at radius 3 is 2.65 bits per heavy atom. The highest BCUT2D eigenvalue weighted by molar-refractivity contribution is 7.89. The number of hydrogen-bond donors (Lipinski definition) is 1. The van der Waals surface area contributed by atoms with Crippen LogP contribution in [0.4, 0.5) is 0 Å². The number of aromatic hydroxyl groups is 1. The zero-order chi connectivity index (χ0) is 19.7. The topological polar surface area (TPSA) is 83.9 Å². The van der Waals surface area contributed by atoms with Crippen molar-refractivity contribution < 1.29 is 23.1 Å². The van der Waals surface area contributed by atoms with Crippen molar-refractivity contribution in [3.8, 4) is 5.75 Å². The highest BCUT2D eigenvalue weighted by Gasteiger charge is 2.42. The van der Waals surface area contributed by atoms with E-state index in [0.717, 1.165) is 9.87 Å². The molecule has 1 atom stereocenters. The number of benzene rings is 1. The maximum absolute atomic E-state index is 13.1. The summed E-state index contributed by atoms with van der Waals surface area (Å²) in [4.78, 5) is 12.3. The molecule has 2 rings (SSSR count). The minimum absolute atomic E-state index is 0.185. The van der Waals surface area contributed by atoms with E-state index >= 15 is 0 Å². The zero-order valence-corrected chi connectivity index (χ0v) is 16.6. The molecule has 0 aromatic heterocycles. The first-order chi connectivity index (χ1) is 12.0. The first kappa shape index (κ1) is 20.5. The SMILES string of the molecule is C=CCc1c(C)ccc(S(=O)(=O)N2CCC[C@H]2C(=O)OC(C)(C)C)c1O. The molecule has 0 unspecified atom stereocenters. The van der Waals surface area contributed by atoms with Gasteiger partial charge in [0.2, 0.25) is 10.0 Å². The Morgan fingerprint density at radius 2 is 2.08 bits per heavy atom. The predicted octanol–water partition coefficient (Wildman–Crippen LogP) is 2.92. The summed E-state index contributed by atoms with van der Waals surface area (Å²) >= 11 is 0. The summed E-state index contributed by atoms with van der Waals surface area (Å²) in [5, 5.41) is 10.5. The van der Waals surface area contributed by atoms with Gasteiger partial charge in [-0.25, -0.2) is 8.42 Å². The van der Waals surface area contributed by atoms with Gasteiger partial charge in [0.25, 0.3) is 0 Å². The van der Waals surface area contributed by atoms with Crippen LogP contribution in [0.15, 0.2) is 29.7 Å². The van der Waals surface area contributed by atoms with E-state index in [4.69, 9.17) is 4.74 Å². The number of allylic oxidation sites excluding steroid dienone is 1. The van der Waals surface area contributed by atoms with Crippen molar-refractivity contribution in [2.24, 2.45) is 0 Å². The summed E-state index contributed by atoms with van der Waals surface area (Å²) in [7, 11) is -4.03. The maximum atomic E-state index is 13.1. The highest BCUT2D eigenvalue weighted by Crippen LogP contribution is 2.35. The molecule has 26 heavy (non-hydrogen) atoms. The van der Waals surface area contributed by atoms with Crippen LogP contribution in [0.5, 0.6) is 5.75 Å². The summed E-state index contributed by atoms with van der Waals surface area (Å²) in [6.45, 7) is 10.9. The molecule has 0 bridgehead atoms. The standard InChI is InChI=1S/C19H27NO5S/c1-6-8-14-13(2)10-11-16(17(14)21)26(23,24)20-12-7-9-15(20)18(22)25-19(3,4)5/h6,10-11,15,21H,1,7-9,12H2,2-5H3/t15-/m0/s1. The van der Waals surface area contributed by atoms with Gasteiger partial charge in [-0.15, -0.1) is 6.58 Å².